The summed E-state index contributed by atoms with van der Waals surface area (Å²) in [6.07, 6.45) is -3.82. The Balaban J connectivity index is 0.000000267. The third-order valence-electron chi connectivity index (χ3n) is 10.6. The molecule has 1 aromatic heterocycles. The minimum absolute atomic E-state index is 0.200. The normalized spacial score (nSPS) is 27.4. The van der Waals surface area contributed by atoms with Crippen LogP contribution in [0.5, 0.6) is 11.5 Å². The molecule has 3 aliphatic rings. The third-order valence-corrected chi connectivity index (χ3v) is 14.7. The van der Waals surface area contributed by atoms with E-state index in [0.29, 0.717) is 0 Å². The highest BCUT2D eigenvalue weighted by Crippen LogP contribution is 2.49. The zero-order chi connectivity index (χ0) is 53.3. The van der Waals surface area contributed by atoms with Crippen LogP contribution in [0.15, 0.2) is 107 Å². The zero-order valence-electron chi connectivity index (χ0n) is 40.5. The molecule has 0 saturated carbocycles. The number of H-pyrrole nitrogens is 1. The molecule has 6 N–H and O–H groups in total. The Morgan fingerprint density at radius 1 is 0.750 bits per heavy atom. The molecule has 0 bridgehead atoms. The highest BCUT2D eigenvalue weighted by molar-refractivity contribution is 7.52. The molecular weight excluding hydrogens is 1030 g/mol. The molecule has 4 heterocycles. The van der Waals surface area contributed by atoms with Gasteiger partial charge in [0.2, 0.25) is 0 Å². The number of esters is 2. The van der Waals surface area contributed by atoms with Crippen LogP contribution in [0.25, 0.3) is 0 Å². The lowest BCUT2D eigenvalue weighted by Crippen LogP contribution is -2.50. The largest absolute Gasteiger partial charge is 0.462 e. The van der Waals surface area contributed by atoms with Crippen LogP contribution in [-0.4, -0.2) is 120 Å². The van der Waals surface area contributed by atoms with E-state index >= 15 is 0 Å². The van der Waals surface area contributed by atoms with Gasteiger partial charge in [-0.05, 0) is 79.7 Å². The van der Waals surface area contributed by atoms with E-state index < -0.39 is 117 Å². The molecule has 2 fully saturated rings. The standard InChI is InChI=1S/C23H31ClN3O8P.C22H29ClN3O9P/c1-14(2)33-21(30)15(3)26-36(31,35-17-9-7-6-8-10-17)32-13-18-20(29)23(5,24)22(34-18)27-12-11-19(28)25-16(27)4;1-13(2)33-19(29)14(3)25-36(31,35-15-8-6-5-7-9-15)32-12-16-18(28)22(4,23)20(34-16)26-11-10-17(27)24-21(26)30/h6-12,14-15,18,20,22,29H,4,13H2,1-3,5H3,(H,25,28)(H,26,31);5-11,13-14,16,18,20,28H,12H2,1-4H3,(H,25,31)(H,24,27,30)/t15-,18+,20+,22+,23+,36-;14-,16+,18+,20+,22+,36+/m00/s1. The van der Waals surface area contributed by atoms with Crippen LogP contribution < -0.4 is 35.8 Å². The fraction of sp³-hybridized carbons (Fsp3) is 0.489. The topological polar surface area (TPSA) is 294 Å². The molecule has 2 aromatic carbocycles. The van der Waals surface area contributed by atoms with Gasteiger partial charge in [0.15, 0.2) is 12.5 Å². The van der Waals surface area contributed by atoms with Crippen LogP contribution in [0.3, 0.4) is 0 Å². The summed E-state index contributed by atoms with van der Waals surface area (Å²) in [6, 6.07) is 15.4. The Morgan fingerprint density at radius 3 is 1.60 bits per heavy atom. The zero-order valence-corrected chi connectivity index (χ0v) is 43.8. The maximum absolute atomic E-state index is 13.7. The molecule has 12 atom stereocenters. The Bertz CT molecular complexity index is 2620. The highest BCUT2D eigenvalue weighted by atomic mass is 35.5. The summed E-state index contributed by atoms with van der Waals surface area (Å²) in [7, 11) is -8.40. The lowest BCUT2D eigenvalue weighted by Gasteiger charge is -2.36. The van der Waals surface area contributed by atoms with Crippen LogP contribution in [0, 0.1) is 0 Å². The number of para-hydroxylation sites is 2. The number of benzene rings is 2. The van der Waals surface area contributed by atoms with Gasteiger partial charge in [0.25, 0.3) is 11.5 Å². The van der Waals surface area contributed by atoms with E-state index in [2.05, 4.69) is 27.1 Å². The average molecular weight is 1090 g/mol. The predicted octanol–water partition coefficient (Wildman–Crippen LogP) is 4.55. The van der Waals surface area contributed by atoms with E-state index in [1.54, 1.807) is 95.3 Å². The molecular formula is C45H60Cl2N6O17P2. The van der Waals surface area contributed by atoms with Crippen molar-refractivity contribution in [3.63, 3.8) is 0 Å². The molecule has 27 heteroatoms. The smallest absolute Gasteiger partial charge is 0.459 e. The van der Waals surface area contributed by atoms with Crippen molar-refractivity contribution in [3.8, 4) is 11.5 Å². The fourth-order valence-electron chi connectivity index (χ4n) is 7.03. The quantitative estimate of drug-likeness (QED) is 0.0514. The number of ether oxygens (including phenoxy) is 4. The van der Waals surface area contributed by atoms with E-state index in [4.69, 9.17) is 60.2 Å². The molecule has 3 aromatic rings. The van der Waals surface area contributed by atoms with Crippen molar-refractivity contribution in [2.45, 2.75) is 126 Å². The maximum Gasteiger partial charge on any atom is 0.459 e. The van der Waals surface area contributed by atoms with E-state index in [9.17, 15) is 43.3 Å². The van der Waals surface area contributed by atoms with Crippen molar-refractivity contribution < 1.29 is 70.8 Å². The molecule has 72 heavy (non-hydrogen) atoms. The minimum atomic E-state index is -4.22. The number of aromatic nitrogens is 2. The number of halogens is 2. The number of carbonyl (C=O) groups excluding carboxylic acids is 3. The first-order valence-corrected chi connectivity index (χ1v) is 26.3. The summed E-state index contributed by atoms with van der Waals surface area (Å²) in [5.74, 6) is -1.03. The number of nitrogens with one attached hydrogen (secondary N) is 4. The minimum Gasteiger partial charge on any atom is -0.462 e. The van der Waals surface area contributed by atoms with Crippen molar-refractivity contribution in [1.82, 2.24) is 29.9 Å². The molecule has 0 radical (unpaired) electrons. The van der Waals surface area contributed by atoms with Crippen LogP contribution in [-0.2, 0) is 51.5 Å². The summed E-state index contributed by atoms with van der Waals surface area (Å²) < 4.78 is 72.7. The summed E-state index contributed by atoms with van der Waals surface area (Å²) in [5.41, 5.74) is -1.40. The predicted molar refractivity (Wildman–Crippen MR) is 262 cm³/mol. The SMILES string of the molecule is C=C1NC(=O)C=CN1[C@@H]1O[C@H](CO[P@@](=O)(N[C@@H](C)C(=O)OC(C)C)Oc2ccccc2)[C@@H](O)[C@@]1(C)Cl.CC(C)OC(=O)[C@H](C)N[P@@](=O)(OC[C@H]1O[C@@H](n2ccc(=O)[nH]c2=O)[C@](C)(Cl)[C@@H]1O)Oc1ccccc1. The first-order chi connectivity index (χ1) is 33.6. The van der Waals surface area contributed by atoms with E-state index in [1.807, 2.05) is 0 Å². The van der Waals surface area contributed by atoms with Gasteiger partial charge in [-0.1, -0.05) is 43.0 Å². The van der Waals surface area contributed by atoms with Crippen molar-refractivity contribution in [2.75, 3.05) is 13.2 Å². The van der Waals surface area contributed by atoms with Crippen LogP contribution in [0.4, 0.5) is 0 Å². The van der Waals surface area contributed by atoms with E-state index in [0.717, 1.165) is 10.6 Å². The first kappa shape index (κ1) is 58.0. The van der Waals surface area contributed by atoms with Crippen LogP contribution in [0.1, 0.15) is 61.6 Å². The monoisotopic (exact) mass is 1090 g/mol. The highest BCUT2D eigenvalue weighted by Gasteiger charge is 2.56. The van der Waals surface area contributed by atoms with Crippen molar-refractivity contribution in [3.05, 3.63) is 118 Å². The number of hydrogen-bond acceptors (Lipinski definition) is 18. The Labute approximate surface area is 425 Å². The number of hydrogen-bond donors (Lipinski definition) is 6. The van der Waals surface area contributed by atoms with Crippen LogP contribution >= 0.6 is 38.7 Å². The molecule has 0 spiro atoms. The molecule has 3 aliphatic heterocycles. The Morgan fingerprint density at radius 2 is 1.18 bits per heavy atom. The van der Waals surface area contributed by atoms with Gasteiger partial charge in [-0.15, -0.1) is 23.2 Å². The van der Waals surface area contributed by atoms with Crippen molar-refractivity contribution >= 4 is 56.5 Å². The fourth-order valence-corrected chi connectivity index (χ4v) is 10.6. The lowest BCUT2D eigenvalue weighted by atomic mass is 10.0. The van der Waals surface area contributed by atoms with Gasteiger partial charge < -0.3 is 48.4 Å². The van der Waals surface area contributed by atoms with Gasteiger partial charge in [-0.2, -0.15) is 10.2 Å². The maximum atomic E-state index is 13.7. The average Bonchev–Trinajstić information content (AvgIpc) is 3.66. The second-order valence-corrected chi connectivity index (χ2v) is 22.5. The summed E-state index contributed by atoms with van der Waals surface area (Å²) in [6.45, 7) is 15.5. The summed E-state index contributed by atoms with van der Waals surface area (Å²) >= 11 is 13.2. The van der Waals surface area contributed by atoms with Crippen molar-refractivity contribution in [2.24, 2.45) is 0 Å². The van der Waals surface area contributed by atoms with Gasteiger partial charge in [-0.3, -0.25) is 37.8 Å². The van der Waals surface area contributed by atoms with Crippen LogP contribution in [0.2, 0.25) is 0 Å². The van der Waals surface area contributed by atoms with E-state index in [1.165, 1.54) is 44.1 Å². The molecule has 6 rings (SSSR count). The summed E-state index contributed by atoms with van der Waals surface area (Å²) in [5, 5.41) is 29.3. The second kappa shape index (κ2) is 24.4. The number of rotatable bonds is 20. The van der Waals surface area contributed by atoms with Gasteiger partial charge in [-0.25, -0.2) is 13.9 Å². The lowest BCUT2D eigenvalue weighted by molar-refractivity contribution is -0.150. The Hall–Kier alpha value is -4.87. The number of aliphatic hydroxyl groups excluding tert-OH is 2. The number of aromatic amines is 1. The molecule has 2 saturated heterocycles. The van der Waals surface area contributed by atoms with Gasteiger partial charge in [0.05, 0.1) is 25.4 Å². The van der Waals surface area contributed by atoms with Crippen molar-refractivity contribution in [1.29, 1.82) is 0 Å². The molecule has 0 unspecified atom stereocenters. The molecule has 396 valence electrons. The van der Waals surface area contributed by atoms with Gasteiger partial charge >= 0.3 is 33.1 Å². The number of amides is 1. The number of nitrogens with zero attached hydrogens (tertiary/aromatic N) is 2. The third kappa shape index (κ3) is 15.1. The number of aliphatic hydroxyl groups is 2. The molecule has 0 aliphatic carbocycles. The summed E-state index contributed by atoms with van der Waals surface area (Å²) in [4.78, 5) is 60.5. The number of alkyl halides is 2. The second-order valence-electron chi connectivity index (χ2n) is 17.5. The number of carbonyl (C=O) groups is 3. The molecule has 1 amide bonds. The van der Waals surface area contributed by atoms with Gasteiger partial charge in [0, 0.05) is 24.5 Å². The van der Waals surface area contributed by atoms with Gasteiger partial charge in [0.1, 0.15) is 63.6 Å². The van der Waals surface area contributed by atoms with E-state index in [-0.39, 0.29) is 29.3 Å². The Kier molecular flexibility index (Phi) is 19.7. The molecule has 23 nitrogen and oxygen atoms in total. The first-order valence-electron chi connectivity index (χ1n) is 22.4.